The van der Waals surface area contributed by atoms with Crippen molar-refractivity contribution in [1.29, 1.82) is 0 Å². The number of nitrogens with zero attached hydrogens (tertiary/aromatic N) is 3. The molecule has 1 aromatic heterocycles. The monoisotopic (exact) mass is 360 g/mol. The third-order valence-corrected chi connectivity index (χ3v) is 3.85. The third kappa shape index (κ3) is 4.76. The smallest absolute Gasteiger partial charge is 0.353 e. The molecule has 1 aliphatic heterocycles. The summed E-state index contributed by atoms with van der Waals surface area (Å²) < 4.78 is 37.9. The van der Waals surface area contributed by atoms with Gasteiger partial charge in [-0.15, -0.1) is 6.42 Å². The molecule has 0 atom stereocenters. The quantitative estimate of drug-likeness (QED) is 0.829. The summed E-state index contributed by atoms with van der Waals surface area (Å²) in [4.78, 5) is 19.2. The van der Waals surface area contributed by atoms with Crippen molar-refractivity contribution in [2.75, 3.05) is 44.2 Å². The van der Waals surface area contributed by atoms with Crippen LogP contribution in [0.4, 0.5) is 19.0 Å². The van der Waals surface area contributed by atoms with Crippen LogP contribution in [0.2, 0.25) is 5.02 Å². The highest BCUT2D eigenvalue weighted by atomic mass is 35.5. The SMILES string of the molecule is C#CCNC(=O)CN1CCN(c2ncc(C(F)(F)F)cc2Cl)CC1. The average molecular weight is 361 g/mol. The summed E-state index contributed by atoms with van der Waals surface area (Å²) in [6.07, 6.45) is 1.38. The number of aromatic nitrogens is 1. The van der Waals surface area contributed by atoms with Crippen LogP contribution in [0.1, 0.15) is 5.56 Å². The standard InChI is InChI=1S/C15H16ClF3N4O/c1-2-3-20-13(24)10-22-4-6-23(7-5-22)14-12(16)8-11(9-21-14)15(17,18)19/h1,8-9H,3-7,10H2,(H,20,24). The Kier molecular flexibility index (Phi) is 5.91. The van der Waals surface area contributed by atoms with Gasteiger partial charge in [-0.25, -0.2) is 4.98 Å². The van der Waals surface area contributed by atoms with Crippen molar-refractivity contribution in [2.45, 2.75) is 6.18 Å². The highest BCUT2D eigenvalue weighted by Gasteiger charge is 2.32. The Morgan fingerprint density at radius 3 is 2.58 bits per heavy atom. The van der Waals surface area contributed by atoms with Gasteiger partial charge in [-0.2, -0.15) is 13.2 Å². The van der Waals surface area contributed by atoms with Crippen LogP contribution in [0.25, 0.3) is 0 Å². The molecule has 0 unspecified atom stereocenters. The number of rotatable bonds is 4. The second-order valence-corrected chi connectivity index (χ2v) is 5.68. The molecule has 0 saturated carbocycles. The maximum atomic E-state index is 12.6. The van der Waals surface area contributed by atoms with E-state index in [0.29, 0.717) is 32.0 Å². The Morgan fingerprint density at radius 2 is 2.04 bits per heavy atom. The zero-order valence-electron chi connectivity index (χ0n) is 12.7. The number of alkyl halides is 3. The van der Waals surface area contributed by atoms with E-state index in [1.54, 1.807) is 4.90 Å². The van der Waals surface area contributed by atoms with Gasteiger partial charge in [0.05, 0.1) is 23.7 Å². The predicted molar refractivity (Wildman–Crippen MR) is 84.7 cm³/mol. The maximum Gasteiger partial charge on any atom is 0.417 e. The van der Waals surface area contributed by atoms with E-state index in [4.69, 9.17) is 18.0 Å². The number of hydrogen-bond acceptors (Lipinski definition) is 4. The molecule has 1 aliphatic rings. The summed E-state index contributed by atoms with van der Waals surface area (Å²) in [5.74, 6) is 2.48. The number of carbonyl (C=O) groups excluding carboxylic acids is 1. The first-order valence-electron chi connectivity index (χ1n) is 7.21. The largest absolute Gasteiger partial charge is 0.417 e. The van der Waals surface area contributed by atoms with Crippen LogP contribution in [-0.2, 0) is 11.0 Å². The lowest BCUT2D eigenvalue weighted by Crippen LogP contribution is -2.49. The molecule has 130 valence electrons. The van der Waals surface area contributed by atoms with Crippen LogP contribution in [0.5, 0.6) is 0 Å². The van der Waals surface area contributed by atoms with E-state index in [2.05, 4.69) is 16.2 Å². The normalized spacial score (nSPS) is 15.9. The van der Waals surface area contributed by atoms with Gasteiger partial charge in [-0.3, -0.25) is 9.69 Å². The van der Waals surface area contributed by atoms with Crippen molar-refractivity contribution in [3.63, 3.8) is 0 Å². The first kappa shape index (κ1) is 18.4. The first-order valence-corrected chi connectivity index (χ1v) is 7.59. The van der Waals surface area contributed by atoms with Gasteiger partial charge in [0.15, 0.2) is 0 Å². The number of carbonyl (C=O) groups is 1. The molecule has 2 heterocycles. The summed E-state index contributed by atoms with van der Waals surface area (Å²) >= 11 is 5.95. The van der Waals surface area contributed by atoms with Gasteiger partial charge in [0.1, 0.15) is 5.82 Å². The molecule has 1 aromatic rings. The number of piperazine rings is 1. The lowest BCUT2D eigenvalue weighted by atomic mass is 10.2. The summed E-state index contributed by atoms with van der Waals surface area (Å²) in [7, 11) is 0. The summed E-state index contributed by atoms with van der Waals surface area (Å²) in [6, 6.07) is 0.879. The molecule has 0 radical (unpaired) electrons. The number of pyridine rings is 1. The van der Waals surface area contributed by atoms with Crippen LogP contribution in [-0.4, -0.2) is 55.1 Å². The van der Waals surface area contributed by atoms with E-state index < -0.39 is 11.7 Å². The minimum absolute atomic E-state index is 0.0370. The van der Waals surface area contributed by atoms with E-state index in [9.17, 15) is 18.0 Å². The van der Waals surface area contributed by atoms with Gasteiger partial charge >= 0.3 is 6.18 Å². The van der Waals surface area contributed by atoms with Crippen LogP contribution in [0.3, 0.4) is 0 Å². The molecular weight excluding hydrogens is 345 g/mol. The van der Waals surface area contributed by atoms with Crippen molar-refractivity contribution in [3.8, 4) is 12.3 Å². The molecule has 1 N–H and O–H groups in total. The number of amides is 1. The molecule has 24 heavy (non-hydrogen) atoms. The van der Waals surface area contributed by atoms with Crippen molar-refractivity contribution >= 4 is 23.3 Å². The molecule has 0 spiro atoms. The summed E-state index contributed by atoms with van der Waals surface area (Å²) in [5.41, 5.74) is -0.875. The van der Waals surface area contributed by atoms with Crippen LogP contribution >= 0.6 is 11.6 Å². The molecular formula is C15H16ClF3N4O. The highest BCUT2D eigenvalue weighted by molar-refractivity contribution is 6.33. The maximum absolute atomic E-state index is 12.6. The van der Waals surface area contributed by atoms with E-state index in [1.165, 1.54) is 0 Å². The van der Waals surface area contributed by atoms with Crippen LogP contribution < -0.4 is 10.2 Å². The Morgan fingerprint density at radius 1 is 1.38 bits per heavy atom. The Labute approximate surface area is 142 Å². The van der Waals surface area contributed by atoms with E-state index in [0.717, 1.165) is 12.3 Å². The average Bonchev–Trinajstić information content (AvgIpc) is 2.53. The van der Waals surface area contributed by atoms with Crippen LogP contribution in [0.15, 0.2) is 12.3 Å². The lowest BCUT2D eigenvalue weighted by Gasteiger charge is -2.35. The van der Waals surface area contributed by atoms with Crippen molar-refractivity contribution in [1.82, 2.24) is 15.2 Å². The summed E-state index contributed by atoms with van der Waals surface area (Å²) in [6.45, 7) is 2.58. The molecule has 0 aromatic carbocycles. The molecule has 1 fully saturated rings. The number of anilines is 1. The van der Waals surface area contributed by atoms with Gasteiger partial charge in [-0.05, 0) is 6.07 Å². The number of hydrogen-bond donors (Lipinski definition) is 1. The summed E-state index contributed by atoms with van der Waals surface area (Å²) in [5, 5.41) is 2.54. The van der Waals surface area contributed by atoms with Crippen molar-refractivity contribution < 1.29 is 18.0 Å². The second-order valence-electron chi connectivity index (χ2n) is 5.27. The fourth-order valence-electron chi connectivity index (χ4n) is 2.34. The fraction of sp³-hybridized carbons (Fsp3) is 0.467. The molecule has 1 saturated heterocycles. The van der Waals surface area contributed by atoms with E-state index >= 15 is 0 Å². The van der Waals surface area contributed by atoms with Crippen molar-refractivity contribution in [2.24, 2.45) is 0 Å². The fourth-order valence-corrected chi connectivity index (χ4v) is 2.63. The minimum Gasteiger partial charge on any atom is -0.353 e. The number of terminal acetylenes is 1. The first-order chi connectivity index (χ1) is 11.3. The molecule has 5 nitrogen and oxygen atoms in total. The highest BCUT2D eigenvalue weighted by Crippen LogP contribution is 2.33. The Bertz CT molecular complexity index is 637. The van der Waals surface area contributed by atoms with Gasteiger partial charge in [0, 0.05) is 32.4 Å². The Balaban J connectivity index is 1.93. The molecule has 9 heteroatoms. The zero-order chi connectivity index (χ0) is 17.7. The molecule has 0 aliphatic carbocycles. The second kappa shape index (κ2) is 7.73. The number of halogens is 4. The molecule has 2 rings (SSSR count). The Hall–Kier alpha value is -1.98. The van der Waals surface area contributed by atoms with E-state index in [1.807, 2.05) is 4.90 Å². The number of nitrogens with one attached hydrogen (secondary N) is 1. The van der Waals surface area contributed by atoms with Crippen LogP contribution in [0, 0.1) is 12.3 Å². The minimum atomic E-state index is -4.47. The topological polar surface area (TPSA) is 48.5 Å². The van der Waals surface area contributed by atoms with E-state index in [-0.39, 0.29) is 24.0 Å². The zero-order valence-corrected chi connectivity index (χ0v) is 13.5. The van der Waals surface area contributed by atoms with Gasteiger partial charge < -0.3 is 10.2 Å². The molecule has 1 amide bonds. The predicted octanol–water partition coefficient (Wildman–Crippen LogP) is 1.63. The third-order valence-electron chi connectivity index (χ3n) is 3.58. The lowest BCUT2D eigenvalue weighted by molar-refractivity contribution is -0.137. The molecule has 0 bridgehead atoms. The van der Waals surface area contributed by atoms with Gasteiger partial charge in [0.2, 0.25) is 5.91 Å². The van der Waals surface area contributed by atoms with Crippen molar-refractivity contribution in [3.05, 3.63) is 22.8 Å². The van der Waals surface area contributed by atoms with Gasteiger partial charge in [-0.1, -0.05) is 17.5 Å². The van der Waals surface area contributed by atoms with Gasteiger partial charge in [0.25, 0.3) is 0 Å².